The van der Waals surface area contributed by atoms with Crippen LogP contribution in [-0.4, -0.2) is 47.9 Å². The predicted octanol–water partition coefficient (Wildman–Crippen LogP) is 2.82. The third kappa shape index (κ3) is 3.58. The molecular weight excluding hydrogens is 368 g/mol. The van der Waals surface area contributed by atoms with Crippen molar-refractivity contribution >= 4 is 23.2 Å². The lowest BCUT2D eigenvalue weighted by molar-refractivity contribution is -0.127. The Bertz CT molecular complexity index is 907. The minimum Gasteiger partial charge on any atom is -0.481 e. The molecule has 4 rings (SSSR count). The van der Waals surface area contributed by atoms with Crippen LogP contribution in [0.2, 0.25) is 0 Å². The number of hydrogen-bond acceptors (Lipinski definition) is 5. The fourth-order valence-electron chi connectivity index (χ4n) is 4.42. The summed E-state index contributed by atoms with van der Waals surface area (Å²) >= 11 is 0. The van der Waals surface area contributed by atoms with Crippen LogP contribution in [0.1, 0.15) is 31.2 Å². The minimum atomic E-state index is -0.770. The molecule has 1 spiro atoms. The van der Waals surface area contributed by atoms with Crippen LogP contribution in [0.3, 0.4) is 0 Å². The maximum Gasteiger partial charge on any atom is 0.250 e. The number of carbonyl (C=O) groups excluding carboxylic acids is 2. The van der Waals surface area contributed by atoms with Crippen LogP contribution >= 0.6 is 0 Å². The number of fused-ring (bicyclic) bond motifs is 1. The second-order valence-corrected chi connectivity index (χ2v) is 7.82. The highest BCUT2D eigenvalue weighted by Crippen LogP contribution is 2.45. The second-order valence-electron chi connectivity index (χ2n) is 7.82. The van der Waals surface area contributed by atoms with Gasteiger partial charge >= 0.3 is 0 Å². The van der Waals surface area contributed by atoms with Crippen LogP contribution in [0.25, 0.3) is 0 Å². The molecule has 0 bridgehead atoms. The smallest absolute Gasteiger partial charge is 0.250 e. The van der Waals surface area contributed by atoms with Gasteiger partial charge in [0.2, 0.25) is 11.8 Å². The monoisotopic (exact) mass is 394 g/mol. The van der Waals surface area contributed by atoms with Gasteiger partial charge in [-0.25, -0.2) is 4.98 Å². The highest BCUT2D eigenvalue weighted by Gasteiger charge is 2.52. The van der Waals surface area contributed by atoms with Crippen LogP contribution in [-0.2, 0) is 16.1 Å². The molecule has 1 N–H and O–H groups in total. The molecular formula is C22H26N4O3. The van der Waals surface area contributed by atoms with E-state index in [0.717, 1.165) is 24.1 Å². The Labute approximate surface area is 170 Å². The molecule has 0 unspecified atom stereocenters. The summed E-state index contributed by atoms with van der Waals surface area (Å²) in [6.45, 7) is 0.798. The maximum absolute atomic E-state index is 13.4. The number of methoxy groups -OCH3 is 1. The summed E-state index contributed by atoms with van der Waals surface area (Å²) in [6.07, 6.45) is 5.05. The van der Waals surface area contributed by atoms with Gasteiger partial charge in [0.05, 0.1) is 25.0 Å². The zero-order chi connectivity index (χ0) is 20.4. The van der Waals surface area contributed by atoms with Crippen molar-refractivity contribution in [3.05, 3.63) is 48.2 Å². The van der Waals surface area contributed by atoms with Crippen LogP contribution < -0.4 is 15.0 Å². The van der Waals surface area contributed by atoms with Gasteiger partial charge in [0, 0.05) is 18.8 Å². The van der Waals surface area contributed by atoms with Gasteiger partial charge < -0.3 is 10.1 Å². The number of carbonyl (C=O) groups is 2. The van der Waals surface area contributed by atoms with Gasteiger partial charge in [0.15, 0.2) is 0 Å². The summed E-state index contributed by atoms with van der Waals surface area (Å²) < 4.78 is 5.09. The van der Waals surface area contributed by atoms with Crippen LogP contribution in [0.5, 0.6) is 5.88 Å². The number of para-hydroxylation sites is 2. The van der Waals surface area contributed by atoms with Crippen LogP contribution in [0.4, 0.5) is 11.4 Å². The summed E-state index contributed by atoms with van der Waals surface area (Å²) in [4.78, 5) is 34.4. The quantitative estimate of drug-likeness (QED) is 0.844. The van der Waals surface area contributed by atoms with E-state index in [1.165, 1.54) is 0 Å². The third-order valence-electron chi connectivity index (χ3n) is 5.79. The van der Waals surface area contributed by atoms with E-state index >= 15 is 0 Å². The Kier molecular flexibility index (Phi) is 5.24. The number of nitrogens with one attached hydrogen (secondary N) is 1. The molecule has 0 atom stereocenters. The lowest BCUT2D eigenvalue weighted by atomic mass is 9.89. The van der Waals surface area contributed by atoms with E-state index < -0.39 is 5.54 Å². The van der Waals surface area contributed by atoms with E-state index in [0.29, 0.717) is 31.0 Å². The van der Waals surface area contributed by atoms with Crippen molar-refractivity contribution in [2.75, 3.05) is 30.9 Å². The van der Waals surface area contributed by atoms with Crippen molar-refractivity contribution in [1.29, 1.82) is 0 Å². The Morgan fingerprint density at radius 1 is 1.24 bits per heavy atom. The SMILES string of the molecule is COc1ccc(CN(C)CC(=O)N2c3ccccc3NC(=O)C23CCCC3)cn1. The van der Waals surface area contributed by atoms with E-state index in [-0.39, 0.29) is 18.4 Å². The van der Waals surface area contributed by atoms with Gasteiger partial charge in [0.1, 0.15) is 5.54 Å². The first-order valence-corrected chi connectivity index (χ1v) is 9.94. The zero-order valence-corrected chi connectivity index (χ0v) is 16.9. The summed E-state index contributed by atoms with van der Waals surface area (Å²) in [5.74, 6) is 0.439. The van der Waals surface area contributed by atoms with E-state index in [4.69, 9.17) is 4.74 Å². The Morgan fingerprint density at radius 2 is 2.00 bits per heavy atom. The first kappa shape index (κ1) is 19.4. The summed E-state index contributed by atoms with van der Waals surface area (Å²) in [6, 6.07) is 11.3. The average molecular weight is 394 g/mol. The number of amides is 2. The molecule has 2 aromatic rings. The molecule has 2 aliphatic rings. The van der Waals surface area contributed by atoms with Gasteiger partial charge in [-0.1, -0.05) is 31.0 Å². The Balaban J connectivity index is 1.55. The molecule has 0 radical (unpaired) electrons. The predicted molar refractivity (Wildman–Crippen MR) is 111 cm³/mol. The van der Waals surface area contributed by atoms with Crippen molar-refractivity contribution in [3.63, 3.8) is 0 Å². The molecule has 2 heterocycles. The zero-order valence-electron chi connectivity index (χ0n) is 16.9. The number of hydrogen-bond donors (Lipinski definition) is 1. The molecule has 1 aromatic heterocycles. The highest BCUT2D eigenvalue weighted by atomic mass is 16.5. The van der Waals surface area contributed by atoms with Crippen LogP contribution in [0.15, 0.2) is 42.6 Å². The van der Waals surface area contributed by atoms with E-state index in [2.05, 4.69) is 10.3 Å². The fraction of sp³-hybridized carbons (Fsp3) is 0.409. The molecule has 1 aliphatic carbocycles. The lowest BCUT2D eigenvalue weighted by Crippen LogP contribution is -2.62. The van der Waals surface area contributed by atoms with Gasteiger partial charge in [-0.2, -0.15) is 0 Å². The van der Waals surface area contributed by atoms with Crippen molar-refractivity contribution in [2.45, 2.75) is 37.8 Å². The largest absolute Gasteiger partial charge is 0.481 e. The Morgan fingerprint density at radius 3 is 2.69 bits per heavy atom. The van der Waals surface area contributed by atoms with E-state index in [9.17, 15) is 9.59 Å². The standard InChI is InChI=1S/C22H26N4O3/c1-25(14-16-9-10-19(29-2)23-13-16)15-20(27)26-18-8-4-3-7-17(18)24-21(28)22(26)11-5-6-12-22/h3-4,7-10,13H,5-6,11-12,14-15H2,1-2H3,(H,24,28). The number of nitrogens with zero attached hydrogens (tertiary/aromatic N) is 3. The van der Waals surface area contributed by atoms with Gasteiger partial charge in [-0.05, 0) is 37.6 Å². The highest BCUT2D eigenvalue weighted by molar-refractivity contribution is 6.15. The number of likely N-dealkylation sites (N-methyl/N-ethyl adjacent to an activating group) is 1. The molecule has 7 nitrogen and oxygen atoms in total. The number of pyridine rings is 1. The molecule has 7 heteroatoms. The third-order valence-corrected chi connectivity index (χ3v) is 5.79. The van der Waals surface area contributed by atoms with Crippen LogP contribution in [0, 0.1) is 0 Å². The first-order chi connectivity index (χ1) is 14.0. The molecule has 1 saturated carbocycles. The number of rotatable bonds is 5. The van der Waals surface area contributed by atoms with Gasteiger partial charge in [-0.3, -0.25) is 19.4 Å². The number of aromatic nitrogens is 1. The molecule has 1 fully saturated rings. The molecule has 152 valence electrons. The summed E-state index contributed by atoms with van der Waals surface area (Å²) in [5, 5.41) is 3.01. The molecule has 0 saturated heterocycles. The summed E-state index contributed by atoms with van der Waals surface area (Å²) in [7, 11) is 3.48. The van der Waals surface area contributed by atoms with Crippen molar-refractivity contribution in [3.8, 4) is 5.88 Å². The van der Waals surface area contributed by atoms with Crippen molar-refractivity contribution in [1.82, 2.24) is 9.88 Å². The fourth-order valence-corrected chi connectivity index (χ4v) is 4.42. The second kappa shape index (κ2) is 7.83. The Hall–Kier alpha value is -2.93. The molecule has 1 aliphatic heterocycles. The van der Waals surface area contributed by atoms with Crippen molar-refractivity contribution in [2.24, 2.45) is 0 Å². The lowest BCUT2D eigenvalue weighted by Gasteiger charge is -2.44. The van der Waals surface area contributed by atoms with E-state index in [1.54, 1.807) is 18.2 Å². The molecule has 1 aromatic carbocycles. The van der Waals surface area contributed by atoms with Gasteiger partial charge in [-0.15, -0.1) is 0 Å². The topological polar surface area (TPSA) is 74.8 Å². The number of benzene rings is 1. The normalized spacial score (nSPS) is 17.3. The first-order valence-electron chi connectivity index (χ1n) is 9.94. The minimum absolute atomic E-state index is 0.0572. The van der Waals surface area contributed by atoms with E-state index in [1.807, 2.05) is 48.3 Å². The number of anilines is 2. The maximum atomic E-state index is 13.4. The van der Waals surface area contributed by atoms with Gasteiger partial charge in [0.25, 0.3) is 5.91 Å². The average Bonchev–Trinajstić information content (AvgIpc) is 3.19. The molecule has 2 amide bonds. The summed E-state index contributed by atoms with van der Waals surface area (Å²) in [5.41, 5.74) is 1.71. The van der Waals surface area contributed by atoms with Crippen molar-refractivity contribution < 1.29 is 14.3 Å². The molecule has 29 heavy (non-hydrogen) atoms. The number of ether oxygens (including phenoxy) is 1.